The average molecular weight is 298 g/mol. The molecule has 0 saturated carbocycles. The first-order valence-corrected chi connectivity index (χ1v) is 8.40. The Morgan fingerprint density at radius 1 is 1.47 bits per heavy atom. The van der Waals surface area contributed by atoms with Crippen LogP contribution >= 0.6 is 23.5 Å². The second kappa shape index (κ2) is 6.24. The second-order valence-corrected chi connectivity index (χ2v) is 6.94. The zero-order valence-electron chi connectivity index (χ0n) is 11.0. The molecule has 2 aliphatic heterocycles. The highest BCUT2D eigenvalue weighted by Gasteiger charge is 2.25. The van der Waals surface area contributed by atoms with E-state index in [1.165, 1.54) is 10.1 Å². The number of aliphatic imine (C=N–C) groups is 1. The van der Waals surface area contributed by atoms with Gasteiger partial charge in [-0.05, 0) is 13.0 Å². The minimum atomic E-state index is 0.581. The number of rotatable bonds is 3. The Hall–Kier alpha value is -0.590. The largest absolute Gasteiger partial charge is 0.468 e. The summed E-state index contributed by atoms with van der Waals surface area (Å²) in [6.07, 6.45) is 1.76. The standard InChI is InChI=1S/C13H18N2O2S2/c1-10-12(2-5-17-10)18-9-11-8-14-13(19-11)15-3-6-16-7-4-15/h2,5,11H,3-4,6-9H2,1H3/t11-/m0/s1. The quantitative estimate of drug-likeness (QED) is 0.802. The first kappa shape index (κ1) is 13.4. The van der Waals surface area contributed by atoms with Crippen molar-refractivity contribution in [2.45, 2.75) is 17.1 Å². The number of morpholine rings is 1. The molecule has 104 valence electrons. The van der Waals surface area contributed by atoms with E-state index in [1.807, 2.05) is 36.5 Å². The average Bonchev–Trinajstić information content (AvgIpc) is 3.06. The summed E-state index contributed by atoms with van der Waals surface area (Å²) in [5.41, 5.74) is 0. The SMILES string of the molecule is Cc1occc1SC[C@@H]1CN=C(N2CCOCC2)S1. The summed E-state index contributed by atoms with van der Waals surface area (Å²) in [5, 5.41) is 1.79. The summed E-state index contributed by atoms with van der Waals surface area (Å²) in [6, 6.07) is 2.05. The van der Waals surface area contributed by atoms with Crippen LogP contribution in [0.25, 0.3) is 0 Å². The van der Waals surface area contributed by atoms with E-state index in [9.17, 15) is 0 Å². The smallest absolute Gasteiger partial charge is 0.159 e. The van der Waals surface area contributed by atoms with Crippen molar-refractivity contribution in [3.05, 3.63) is 18.1 Å². The minimum absolute atomic E-state index is 0.581. The van der Waals surface area contributed by atoms with Crippen LogP contribution in [0.4, 0.5) is 0 Å². The van der Waals surface area contributed by atoms with E-state index in [0.29, 0.717) is 5.25 Å². The van der Waals surface area contributed by atoms with Gasteiger partial charge in [0.15, 0.2) is 5.17 Å². The van der Waals surface area contributed by atoms with Crippen LogP contribution in [0.5, 0.6) is 0 Å². The van der Waals surface area contributed by atoms with Crippen LogP contribution in [0.2, 0.25) is 0 Å². The Bertz CT molecular complexity index is 455. The molecule has 3 heterocycles. The number of thioether (sulfide) groups is 2. The molecule has 0 unspecified atom stereocenters. The zero-order chi connectivity index (χ0) is 13.1. The fraction of sp³-hybridized carbons (Fsp3) is 0.615. The summed E-state index contributed by atoms with van der Waals surface area (Å²) >= 11 is 3.78. The van der Waals surface area contributed by atoms with Gasteiger partial charge in [-0.15, -0.1) is 11.8 Å². The fourth-order valence-corrected chi connectivity index (χ4v) is 4.40. The number of ether oxygens (including phenoxy) is 1. The van der Waals surface area contributed by atoms with Crippen molar-refractivity contribution in [1.82, 2.24) is 4.90 Å². The summed E-state index contributed by atoms with van der Waals surface area (Å²) < 4.78 is 10.7. The molecule has 0 N–H and O–H groups in total. The predicted molar refractivity (Wildman–Crippen MR) is 80.2 cm³/mol. The summed E-state index contributed by atoms with van der Waals surface area (Å²) in [5.74, 6) is 2.10. The lowest BCUT2D eigenvalue weighted by Gasteiger charge is -2.28. The van der Waals surface area contributed by atoms with Gasteiger partial charge in [0.2, 0.25) is 0 Å². The van der Waals surface area contributed by atoms with Crippen molar-refractivity contribution in [3.63, 3.8) is 0 Å². The molecule has 0 amide bonds. The number of aryl methyl sites for hydroxylation is 1. The molecule has 4 nitrogen and oxygen atoms in total. The van der Waals surface area contributed by atoms with Gasteiger partial charge in [0.25, 0.3) is 0 Å². The molecule has 1 atom stereocenters. The maximum absolute atomic E-state index is 5.38. The molecule has 0 bridgehead atoms. The molecule has 1 aromatic heterocycles. The Morgan fingerprint density at radius 2 is 2.32 bits per heavy atom. The van der Waals surface area contributed by atoms with E-state index < -0.39 is 0 Å². The van der Waals surface area contributed by atoms with Gasteiger partial charge in [-0.25, -0.2) is 0 Å². The van der Waals surface area contributed by atoms with Gasteiger partial charge in [-0.2, -0.15) is 0 Å². The first-order valence-electron chi connectivity index (χ1n) is 6.53. The highest BCUT2D eigenvalue weighted by Crippen LogP contribution is 2.31. The molecule has 0 spiro atoms. The van der Waals surface area contributed by atoms with Crippen molar-refractivity contribution in [1.29, 1.82) is 0 Å². The van der Waals surface area contributed by atoms with E-state index in [-0.39, 0.29) is 0 Å². The Labute approximate surface area is 122 Å². The third-order valence-electron chi connectivity index (χ3n) is 3.22. The maximum Gasteiger partial charge on any atom is 0.159 e. The molecule has 2 aliphatic rings. The van der Waals surface area contributed by atoms with Crippen LogP contribution in [0, 0.1) is 6.92 Å². The van der Waals surface area contributed by atoms with Crippen LogP contribution in [0.3, 0.4) is 0 Å². The molecule has 6 heteroatoms. The fourth-order valence-electron chi connectivity index (χ4n) is 2.13. The van der Waals surface area contributed by atoms with Crippen LogP contribution in [0.1, 0.15) is 5.76 Å². The lowest BCUT2D eigenvalue weighted by atomic mass is 10.4. The maximum atomic E-state index is 5.38. The third-order valence-corrected chi connectivity index (χ3v) is 5.98. The van der Waals surface area contributed by atoms with Gasteiger partial charge in [0.1, 0.15) is 5.76 Å². The molecule has 3 rings (SSSR count). The molecule has 1 aromatic rings. The van der Waals surface area contributed by atoms with Gasteiger partial charge >= 0.3 is 0 Å². The van der Waals surface area contributed by atoms with Crippen LogP contribution in [-0.2, 0) is 4.74 Å². The Morgan fingerprint density at radius 3 is 3.05 bits per heavy atom. The van der Waals surface area contributed by atoms with Gasteiger partial charge < -0.3 is 14.1 Å². The first-order chi connectivity index (χ1) is 9.33. The summed E-state index contributed by atoms with van der Waals surface area (Å²) in [7, 11) is 0. The van der Waals surface area contributed by atoms with Crippen molar-refractivity contribution in [3.8, 4) is 0 Å². The molecule has 1 saturated heterocycles. The predicted octanol–water partition coefficient (Wildman–Crippen LogP) is 2.48. The van der Waals surface area contributed by atoms with Crippen molar-refractivity contribution in [2.24, 2.45) is 4.99 Å². The number of nitrogens with zero attached hydrogens (tertiary/aromatic N) is 2. The molecule has 0 aromatic carbocycles. The van der Waals surface area contributed by atoms with Crippen molar-refractivity contribution < 1.29 is 9.15 Å². The Kier molecular flexibility index (Phi) is 4.40. The number of hydrogen-bond donors (Lipinski definition) is 0. The van der Waals surface area contributed by atoms with Crippen molar-refractivity contribution in [2.75, 3.05) is 38.6 Å². The molecule has 0 aliphatic carbocycles. The van der Waals surface area contributed by atoms with E-state index >= 15 is 0 Å². The lowest BCUT2D eigenvalue weighted by molar-refractivity contribution is 0.0693. The highest BCUT2D eigenvalue weighted by atomic mass is 32.2. The van der Waals surface area contributed by atoms with Crippen molar-refractivity contribution >= 4 is 28.7 Å². The summed E-state index contributed by atoms with van der Waals surface area (Å²) in [4.78, 5) is 8.28. The molecular weight excluding hydrogens is 280 g/mol. The number of furan rings is 1. The van der Waals surface area contributed by atoms with Crippen LogP contribution in [0.15, 0.2) is 26.6 Å². The molecule has 19 heavy (non-hydrogen) atoms. The number of hydrogen-bond acceptors (Lipinski definition) is 6. The van der Waals surface area contributed by atoms with Crippen LogP contribution in [-0.4, -0.2) is 53.9 Å². The second-order valence-electron chi connectivity index (χ2n) is 4.61. The highest BCUT2D eigenvalue weighted by molar-refractivity contribution is 8.15. The lowest BCUT2D eigenvalue weighted by Crippen LogP contribution is -2.39. The molecule has 0 radical (unpaired) electrons. The van der Waals surface area contributed by atoms with Gasteiger partial charge in [-0.3, -0.25) is 4.99 Å². The number of amidine groups is 1. The van der Waals surface area contributed by atoms with E-state index in [1.54, 1.807) is 6.26 Å². The zero-order valence-corrected chi connectivity index (χ0v) is 12.6. The molecule has 1 fully saturated rings. The van der Waals surface area contributed by atoms with Gasteiger partial charge in [0.05, 0.1) is 26.0 Å². The topological polar surface area (TPSA) is 38.0 Å². The monoisotopic (exact) mass is 298 g/mol. The van der Waals surface area contributed by atoms with E-state index in [2.05, 4.69) is 9.89 Å². The molecular formula is C13H18N2O2S2. The minimum Gasteiger partial charge on any atom is -0.468 e. The van der Waals surface area contributed by atoms with E-state index in [0.717, 1.165) is 44.4 Å². The van der Waals surface area contributed by atoms with E-state index in [4.69, 9.17) is 9.15 Å². The van der Waals surface area contributed by atoms with Gasteiger partial charge in [-0.1, -0.05) is 11.8 Å². The van der Waals surface area contributed by atoms with Gasteiger partial charge in [0, 0.05) is 29.0 Å². The third kappa shape index (κ3) is 3.30. The van der Waals surface area contributed by atoms with Crippen LogP contribution < -0.4 is 0 Å². The Balaban J connectivity index is 1.47. The normalized spacial score (nSPS) is 23.7. The summed E-state index contributed by atoms with van der Waals surface area (Å²) in [6.45, 7) is 6.56.